The summed E-state index contributed by atoms with van der Waals surface area (Å²) in [5.41, 5.74) is -0.299. The number of thioether (sulfide) groups is 1. The van der Waals surface area contributed by atoms with Gasteiger partial charge in [-0.05, 0) is 19.9 Å². The molecule has 128 valence electrons. The van der Waals surface area contributed by atoms with Crippen LogP contribution in [0.15, 0.2) is 41.6 Å². The van der Waals surface area contributed by atoms with E-state index < -0.39 is 11.9 Å². The Kier molecular flexibility index (Phi) is 5.82. The molecule has 0 bridgehead atoms. The minimum Gasteiger partial charge on any atom is -0.353 e. The second-order valence-corrected chi connectivity index (χ2v) is 6.24. The lowest BCUT2D eigenvalue weighted by Crippen LogP contribution is -2.31. The summed E-state index contributed by atoms with van der Waals surface area (Å²) in [6, 6.07) is 9.40. The molecule has 1 heterocycles. The lowest BCUT2D eigenvalue weighted by molar-refractivity contribution is -0.141. The maximum atomic E-state index is 13.1. The zero-order valence-corrected chi connectivity index (χ0v) is 13.9. The average Bonchev–Trinajstić information content (AvgIpc) is 2.52. The van der Waals surface area contributed by atoms with E-state index in [-0.39, 0.29) is 28.6 Å². The zero-order valence-electron chi connectivity index (χ0n) is 13.1. The minimum atomic E-state index is -4.58. The highest BCUT2D eigenvalue weighted by atomic mass is 32.2. The van der Waals surface area contributed by atoms with Gasteiger partial charge in [0.25, 0.3) is 0 Å². The molecule has 1 N–H and O–H groups in total. The van der Waals surface area contributed by atoms with E-state index in [4.69, 9.17) is 0 Å². The van der Waals surface area contributed by atoms with Gasteiger partial charge in [0.05, 0.1) is 11.4 Å². The van der Waals surface area contributed by atoms with Crippen molar-refractivity contribution in [1.29, 1.82) is 0 Å². The van der Waals surface area contributed by atoms with Gasteiger partial charge in [0.2, 0.25) is 5.91 Å². The SMILES string of the molecule is CC(C)NC(=O)CSc1nc(-c2ccccc2)cc(C(F)(F)F)n1. The molecule has 0 saturated carbocycles. The molecule has 0 spiro atoms. The molecule has 0 fully saturated rings. The summed E-state index contributed by atoms with van der Waals surface area (Å²) < 4.78 is 39.2. The number of benzene rings is 1. The van der Waals surface area contributed by atoms with Gasteiger partial charge >= 0.3 is 6.18 Å². The number of alkyl halides is 3. The van der Waals surface area contributed by atoms with E-state index in [0.29, 0.717) is 5.56 Å². The number of aromatic nitrogens is 2. The summed E-state index contributed by atoms with van der Waals surface area (Å²) in [5, 5.41) is 2.59. The van der Waals surface area contributed by atoms with Crippen LogP contribution in [0.25, 0.3) is 11.3 Å². The molecule has 24 heavy (non-hydrogen) atoms. The van der Waals surface area contributed by atoms with Crippen molar-refractivity contribution >= 4 is 17.7 Å². The molecule has 0 aliphatic rings. The molecule has 0 saturated heterocycles. The molecule has 0 aliphatic carbocycles. The number of nitrogens with zero attached hydrogens (tertiary/aromatic N) is 2. The Morgan fingerprint density at radius 2 is 1.88 bits per heavy atom. The maximum Gasteiger partial charge on any atom is 0.433 e. The third-order valence-electron chi connectivity index (χ3n) is 2.85. The van der Waals surface area contributed by atoms with Gasteiger partial charge in [0.15, 0.2) is 5.16 Å². The Bertz CT molecular complexity index is 705. The molecule has 0 aliphatic heterocycles. The number of carbonyl (C=O) groups is 1. The summed E-state index contributed by atoms with van der Waals surface area (Å²) in [4.78, 5) is 19.3. The fourth-order valence-electron chi connectivity index (χ4n) is 1.89. The van der Waals surface area contributed by atoms with Crippen LogP contribution >= 0.6 is 11.8 Å². The van der Waals surface area contributed by atoms with E-state index in [1.165, 1.54) is 0 Å². The zero-order chi connectivity index (χ0) is 17.7. The van der Waals surface area contributed by atoms with Gasteiger partial charge in [-0.15, -0.1) is 0 Å². The fourth-order valence-corrected chi connectivity index (χ4v) is 2.55. The number of hydrogen-bond donors (Lipinski definition) is 1. The quantitative estimate of drug-likeness (QED) is 0.655. The minimum absolute atomic E-state index is 0.0413. The summed E-state index contributed by atoms with van der Waals surface area (Å²) in [6.07, 6.45) is -4.58. The van der Waals surface area contributed by atoms with Gasteiger partial charge in [-0.3, -0.25) is 4.79 Å². The molecule has 0 unspecified atom stereocenters. The van der Waals surface area contributed by atoms with Crippen LogP contribution in [0.1, 0.15) is 19.5 Å². The first-order valence-corrected chi connectivity index (χ1v) is 8.18. The standard InChI is InChI=1S/C16H16F3N3OS/c1-10(2)20-14(23)9-24-15-21-12(11-6-4-3-5-7-11)8-13(22-15)16(17,18)19/h3-8,10H,9H2,1-2H3,(H,20,23). The second kappa shape index (κ2) is 7.65. The van der Waals surface area contributed by atoms with Gasteiger partial charge in [-0.1, -0.05) is 42.1 Å². The summed E-state index contributed by atoms with van der Waals surface area (Å²) in [6.45, 7) is 3.60. The van der Waals surface area contributed by atoms with Crippen molar-refractivity contribution in [3.8, 4) is 11.3 Å². The Hall–Kier alpha value is -2.09. The molecule has 4 nitrogen and oxygen atoms in total. The maximum absolute atomic E-state index is 13.1. The van der Waals surface area contributed by atoms with Crippen molar-refractivity contribution in [2.45, 2.75) is 31.2 Å². The van der Waals surface area contributed by atoms with Gasteiger partial charge in [-0.2, -0.15) is 13.2 Å². The molecule has 1 aromatic heterocycles. The number of halogens is 3. The first kappa shape index (κ1) is 18.3. The lowest BCUT2D eigenvalue weighted by atomic mass is 10.1. The highest BCUT2D eigenvalue weighted by Crippen LogP contribution is 2.31. The highest BCUT2D eigenvalue weighted by molar-refractivity contribution is 7.99. The van der Waals surface area contributed by atoms with Crippen LogP contribution in [0.4, 0.5) is 13.2 Å². The summed E-state index contributed by atoms with van der Waals surface area (Å²) in [7, 11) is 0. The molecule has 2 aromatic rings. The van der Waals surface area contributed by atoms with E-state index in [2.05, 4.69) is 15.3 Å². The Morgan fingerprint density at radius 1 is 1.21 bits per heavy atom. The summed E-state index contributed by atoms with van der Waals surface area (Å²) >= 11 is 0.875. The number of carbonyl (C=O) groups excluding carboxylic acids is 1. The second-order valence-electron chi connectivity index (χ2n) is 5.30. The fraction of sp³-hybridized carbons (Fsp3) is 0.312. The Morgan fingerprint density at radius 3 is 2.46 bits per heavy atom. The third-order valence-corrected chi connectivity index (χ3v) is 3.69. The van der Waals surface area contributed by atoms with Crippen LogP contribution in [0.5, 0.6) is 0 Å². The predicted octanol–water partition coefficient (Wildman–Crippen LogP) is 3.78. The van der Waals surface area contributed by atoms with Crippen LogP contribution in [-0.2, 0) is 11.0 Å². The van der Waals surface area contributed by atoms with E-state index in [0.717, 1.165) is 17.8 Å². The Balaban J connectivity index is 2.29. The van der Waals surface area contributed by atoms with Crippen LogP contribution < -0.4 is 5.32 Å². The number of nitrogens with one attached hydrogen (secondary N) is 1. The van der Waals surface area contributed by atoms with Gasteiger partial charge in [-0.25, -0.2) is 9.97 Å². The van der Waals surface area contributed by atoms with Crippen LogP contribution in [0.2, 0.25) is 0 Å². The van der Waals surface area contributed by atoms with Crippen molar-refractivity contribution in [3.05, 3.63) is 42.1 Å². The number of hydrogen-bond acceptors (Lipinski definition) is 4. The predicted molar refractivity (Wildman–Crippen MR) is 86.5 cm³/mol. The first-order chi connectivity index (χ1) is 11.3. The van der Waals surface area contributed by atoms with Crippen molar-refractivity contribution in [2.75, 3.05) is 5.75 Å². The van der Waals surface area contributed by atoms with Crippen LogP contribution in [0.3, 0.4) is 0 Å². The smallest absolute Gasteiger partial charge is 0.353 e. The van der Waals surface area contributed by atoms with Gasteiger partial charge in [0, 0.05) is 11.6 Å². The van der Waals surface area contributed by atoms with Crippen molar-refractivity contribution < 1.29 is 18.0 Å². The van der Waals surface area contributed by atoms with E-state index in [1.807, 2.05) is 0 Å². The molecule has 2 rings (SSSR count). The van der Waals surface area contributed by atoms with Gasteiger partial charge in [0.1, 0.15) is 5.69 Å². The van der Waals surface area contributed by atoms with Crippen LogP contribution in [0, 0.1) is 0 Å². The lowest BCUT2D eigenvalue weighted by Gasteiger charge is -2.11. The normalized spacial score (nSPS) is 11.6. The van der Waals surface area contributed by atoms with E-state index in [9.17, 15) is 18.0 Å². The molecular formula is C16H16F3N3OS. The van der Waals surface area contributed by atoms with Crippen molar-refractivity contribution in [3.63, 3.8) is 0 Å². The molecule has 0 radical (unpaired) electrons. The van der Waals surface area contributed by atoms with Crippen LogP contribution in [-0.4, -0.2) is 27.7 Å². The van der Waals surface area contributed by atoms with Crippen molar-refractivity contribution in [1.82, 2.24) is 15.3 Å². The highest BCUT2D eigenvalue weighted by Gasteiger charge is 2.33. The molecule has 1 amide bonds. The van der Waals surface area contributed by atoms with E-state index >= 15 is 0 Å². The molecular weight excluding hydrogens is 339 g/mol. The molecule has 8 heteroatoms. The first-order valence-electron chi connectivity index (χ1n) is 7.19. The topological polar surface area (TPSA) is 54.9 Å². The van der Waals surface area contributed by atoms with E-state index in [1.54, 1.807) is 44.2 Å². The average molecular weight is 355 g/mol. The number of rotatable bonds is 5. The Labute approximate surface area is 141 Å². The molecule has 1 aromatic carbocycles. The van der Waals surface area contributed by atoms with Gasteiger partial charge < -0.3 is 5.32 Å². The number of amides is 1. The summed E-state index contributed by atoms with van der Waals surface area (Å²) in [5.74, 6) is -0.328. The third kappa shape index (κ3) is 5.23. The monoisotopic (exact) mass is 355 g/mol. The molecule has 0 atom stereocenters. The van der Waals surface area contributed by atoms with Crippen molar-refractivity contribution in [2.24, 2.45) is 0 Å². The largest absolute Gasteiger partial charge is 0.433 e.